The van der Waals surface area contributed by atoms with E-state index >= 15 is 0 Å². The van der Waals surface area contributed by atoms with Crippen LogP contribution in [0.5, 0.6) is 0 Å². The molecule has 0 aliphatic carbocycles. The Kier molecular flexibility index (Phi) is 5.99. The number of ether oxygens (including phenoxy) is 1. The van der Waals surface area contributed by atoms with Crippen LogP contribution in [0, 0.1) is 0 Å². The highest BCUT2D eigenvalue weighted by atomic mass is 19.3. The number of halogens is 2. The summed E-state index contributed by atoms with van der Waals surface area (Å²) in [5, 5.41) is 0. The van der Waals surface area contributed by atoms with Crippen LogP contribution >= 0.6 is 0 Å². The molecule has 5 rings (SSSR count). The van der Waals surface area contributed by atoms with Crippen LogP contribution in [0.25, 0.3) is 0 Å². The van der Waals surface area contributed by atoms with Crippen molar-refractivity contribution in [3.63, 3.8) is 0 Å². The molecule has 0 saturated carbocycles. The van der Waals surface area contributed by atoms with Gasteiger partial charge in [-0.1, -0.05) is 0 Å². The fraction of sp³-hybridized carbons (Fsp3) is 0.478. The fourth-order valence-corrected chi connectivity index (χ4v) is 4.38. The van der Waals surface area contributed by atoms with Crippen LogP contribution in [0.2, 0.25) is 0 Å². The third-order valence-electron chi connectivity index (χ3n) is 5.95. The summed E-state index contributed by atoms with van der Waals surface area (Å²) in [6.07, 6.45) is 3.87. The normalized spacial score (nSPS) is 24.9. The van der Waals surface area contributed by atoms with E-state index in [2.05, 4.69) is 17.0 Å². The number of anilines is 4. The molecule has 2 bridgehead atoms. The third kappa shape index (κ3) is 5.14. The van der Waals surface area contributed by atoms with Gasteiger partial charge in [0.15, 0.2) is 0 Å². The zero-order chi connectivity index (χ0) is 21.1. The number of morpholine rings is 1. The molecule has 3 aliphatic rings. The van der Waals surface area contributed by atoms with E-state index in [0.29, 0.717) is 30.9 Å². The number of piperidine rings is 1. The van der Waals surface area contributed by atoms with Gasteiger partial charge in [-0.05, 0) is 67.8 Å². The fourth-order valence-electron chi connectivity index (χ4n) is 4.38. The van der Waals surface area contributed by atoms with Crippen LogP contribution in [0.1, 0.15) is 25.7 Å². The van der Waals surface area contributed by atoms with Crippen molar-refractivity contribution in [1.29, 1.82) is 0 Å². The van der Waals surface area contributed by atoms with Crippen LogP contribution < -0.4 is 21.3 Å². The van der Waals surface area contributed by atoms with Gasteiger partial charge in [-0.15, -0.1) is 0 Å². The molecular weight excluding hydrogens is 386 g/mol. The summed E-state index contributed by atoms with van der Waals surface area (Å²) in [4.78, 5) is 4.12. The van der Waals surface area contributed by atoms with Crippen LogP contribution in [-0.4, -0.2) is 44.3 Å². The summed E-state index contributed by atoms with van der Waals surface area (Å²) in [6, 6.07) is 15.2. The number of hydrogen-bond acceptors (Lipinski definition) is 5. The lowest BCUT2D eigenvalue weighted by Crippen LogP contribution is -2.42. The highest BCUT2D eigenvalue weighted by Crippen LogP contribution is 2.31. The molecular formula is C23H30F2N4O. The van der Waals surface area contributed by atoms with E-state index in [1.807, 2.05) is 12.1 Å². The smallest absolute Gasteiger partial charge is 0.265 e. The van der Waals surface area contributed by atoms with Crippen LogP contribution in [0.3, 0.4) is 0 Å². The van der Waals surface area contributed by atoms with Gasteiger partial charge < -0.3 is 26.0 Å². The molecule has 0 radical (unpaired) electrons. The summed E-state index contributed by atoms with van der Waals surface area (Å²) in [6.45, 7) is 2.57. The minimum Gasteiger partial charge on any atom is -0.399 e. The molecule has 7 heteroatoms. The van der Waals surface area contributed by atoms with Crippen molar-refractivity contribution < 1.29 is 13.5 Å². The van der Waals surface area contributed by atoms with Crippen molar-refractivity contribution in [2.45, 2.75) is 43.8 Å². The lowest BCUT2D eigenvalue weighted by Gasteiger charge is -2.34. The first-order chi connectivity index (χ1) is 14.4. The minimum absolute atomic E-state index is 0.00152. The van der Waals surface area contributed by atoms with Crippen molar-refractivity contribution >= 4 is 22.7 Å². The molecule has 0 aromatic heterocycles. The molecule has 4 N–H and O–H groups in total. The zero-order valence-electron chi connectivity index (χ0n) is 17.1. The van der Waals surface area contributed by atoms with Crippen molar-refractivity contribution in [2.75, 3.05) is 47.4 Å². The Balaban J connectivity index is 0.000000145. The Morgan fingerprint density at radius 3 is 1.80 bits per heavy atom. The molecule has 162 valence electrons. The van der Waals surface area contributed by atoms with Crippen molar-refractivity contribution in [2.24, 2.45) is 0 Å². The van der Waals surface area contributed by atoms with Crippen molar-refractivity contribution in [1.82, 2.24) is 0 Å². The molecule has 3 fully saturated rings. The maximum absolute atomic E-state index is 13.2. The van der Waals surface area contributed by atoms with Gasteiger partial charge >= 0.3 is 0 Å². The molecule has 2 aromatic rings. The Labute approximate surface area is 176 Å². The van der Waals surface area contributed by atoms with Gasteiger partial charge in [0.1, 0.15) is 0 Å². The third-order valence-corrected chi connectivity index (χ3v) is 5.95. The SMILES string of the molecule is Nc1ccc(N2CC3CCC(C2)O3)cc1.Nc1ccc(N2CCCC(F)(F)C2)cc1. The second kappa shape index (κ2) is 8.68. The van der Waals surface area contributed by atoms with Gasteiger partial charge in [-0.25, -0.2) is 8.78 Å². The molecule has 30 heavy (non-hydrogen) atoms. The predicted octanol–water partition coefficient (Wildman–Crippen LogP) is 4.14. The summed E-state index contributed by atoms with van der Waals surface area (Å²) in [5.41, 5.74) is 14.8. The second-order valence-corrected chi connectivity index (χ2v) is 8.43. The molecule has 3 saturated heterocycles. The van der Waals surface area contributed by atoms with E-state index in [0.717, 1.165) is 24.5 Å². The number of nitrogens with two attached hydrogens (primary N) is 2. The highest BCUT2D eigenvalue weighted by molar-refractivity contribution is 5.54. The van der Waals surface area contributed by atoms with Crippen molar-refractivity contribution in [3.05, 3.63) is 48.5 Å². The Hall–Kier alpha value is -2.54. The van der Waals surface area contributed by atoms with Crippen molar-refractivity contribution in [3.8, 4) is 0 Å². The average molecular weight is 417 g/mol. The monoisotopic (exact) mass is 416 g/mol. The molecule has 3 aliphatic heterocycles. The number of hydrogen-bond donors (Lipinski definition) is 2. The number of fused-ring (bicyclic) bond motifs is 2. The highest BCUT2D eigenvalue weighted by Gasteiger charge is 2.35. The average Bonchev–Trinajstić information content (AvgIpc) is 3.06. The topological polar surface area (TPSA) is 67.7 Å². The molecule has 2 unspecified atom stereocenters. The summed E-state index contributed by atoms with van der Waals surface area (Å²) in [7, 11) is 0. The minimum atomic E-state index is -2.56. The van der Waals surface area contributed by atoms with Gasteiger partial charge in [-0.3, -0.25) is 0 Å². The Bertz CT molecular complexity index is 773. The zero-order valence-corrected chi connectivity index (χ0v) is 17.1. The van der Waals surface area contributed by atoms with E-state index in [1.54, 1.807) is 29.2 Å². The van der Waals surface area contributed by atoms with E-state index in [-0.39, 0.29) is 13.0 Å². The molecule has 3 heterocycles. The number of alkyl halides is 2. The molecule has 2 aromatic carbocycles. The van der Waals surface area contributed by atoms with Gasteiger partial charge in [0.05, 0.1) is 18.8 Å². The number of nitrogens with zero attached hydrogens (tertiary/aromatic N) is 2. The van der Waals surface area contributed by atoms with Crippen LogP contribution in [-0.2, 0) is 4.74 Å². The Morgan fingerprint density at radius 1 is 0.800 bits per heavy atom. The maximum atomic E-state index is 13.2. The van der Waals surface area contributed by atoms with E-state index in [1.165, 1.54) is 18.5 Å². The number of benzene rings is 2. The first kappa shape index (κ1) is 20.7. The second-order valence-electron chi connectivity index (χ2n) is 8.43. The largest absolute Gasteiger partial charge is 0.399 e. The number of nitrogen functional groups attached to an aromatic ring is 2. The number of rotatable bonds is 2. The standard InChI is InChI=1S/C12H16N2O.C11H14F2N2/c13-9-1-3-10(4-2-9)14-7-11-5-6-12(8-14)15-11;12-11(13)6-1-7-15(8-11)10-4-2-9(14)3-5-10/h1-4,11-12H,5-8,13H2;2-5H,1,6-8,14H2. The molecule has 2 atom stereocenters. The first-order valence-corrected chi connectivity index (χ1v) is 10.6. The summed E-state index contributed by atoms with van der Waals surface area (Å²) in [5.74, 6) is -2.56. The van der Waals surface area contributed by atoms with Crippen LogP contribution in [0.15, 0.2) is 48.5 Å². The summed E-state index contributed by atoms with van der Waals surface area (Å²) >= 11 is 0. The van der Waals surface area contributed by atoms with Gasteiger partial charge in [0.2, 0.25) is 0 Å². The van der Waals surface area contributed by atoms with Gasteiger partial charge in [0, 0.05) is 48.8 Å². The van der Waals surface area contributed by atoms with E-state index < -0.39 is 5.92 Å². The van der Waals surface area contributed by atoms with Crippen LogP contribution in [0.4, 0.5) is 31.5 Å². The first-order valence-electron chi connectivity index (χ1n) is 10.6. The molecule has 0 amide bonds. The lowest BCUT2D eigenvalue weighted by molar-refractivity contribution is -0.0116. The molecule has 5 nitrogen and oxygen atoms in total. The molecule has 0 spiro atoms. The quantitative estimate of drug-likeness (QED) is 0.720. The van der Waals surface area contributed by atoms with Gasteiger partial charge in [-0.2, -0.15) is 0 Å². The Morgan fingerprint density at radius 2 is 1.30 bits per heavy atom. The van der Waals surface area contributed by atoms with Gasteiger partial charge in [0.25, 0.3) is 5.92 Å². The maximum Gasteiger partial charge on any atom is 0.265 e. The van der Waals surface area contributed by atoms with E-state index in [9.17, 15) is 8.78 Å². The summed E-state index contributed by atoms with van der Waals surface area (Å²) < 4.78 is 32.1. The lowest BCUT2D eigenvalue weighted by atomic mass is 10.1. The predicted molar refractivity (Wildman–Crippen MR) is 118 cm³/mol. The van der Waals surface area contributed by atoms with E-state index in [4.69, 9.17) is 16.2 Å².